The number of benzene rings is 1. The van der Waals surface area contributed by atoms with Crippen LogP contribution in [-0.4, -0.2) is 23.6 Å². The van der Waals surface area contributed by atoms with E-state index in [9.17, 15) is 4.79 Å². The lowest BCUT2D eigenvalue weighted by Crippen LogP contribution is -2.28. The number of nitrogens with one attached hydrogen (secondary N) is 1. The topological polar surface area (TPSA) is 64.4 Å². The molecule has 0 radical (unpaired) electrons. The highest BCUT2D eigenvalue weighted by Gasteiger charge is 2.14. The molecule has 21 heavy (non-hydrogen) atoms. The maximum atomic E-state index is 12.0. The van der Waals surface area contributed by atoms with Crippen LogP contribution in [0.5, 0.6) is 0 Å². The number of nitrogens with zero attached hydrogens (tertiary/aromatic N) is 1. The number of hydrogen-bond acceptors (Lipinski definition) is 4. The number of carbonyl (C=O) groups excluding carboxylic acids is 1. The van der Waals surface area contributed by atoms with Crippen molar-refractivity contribution in [2.75, 3.05) is 11.9 Å². The third kappa shape index (κ3) is 4.29. The monoisotopic (exact) mass is 290 g/mol. The Labute approximate surface area is 124 Å². The molecule has 114 valence electrons. The molecule has 1 heterocycles. The summed E-state index contributed by atoms with van der Waals surface area (Å²) < 4.78 is 11.0. The molecule has 5 nitrogen and oxygen atoms in total. The van der Waals surface area contributed by atoms with E-state index in [1.807, 2.05) is 12.1 Å². The van der Waals surface area contributed by atoms with Crippen LogP contribution in [-0.2, 0) is 9.53 Å². The molecular formula is C16H22N2O3. The van der Waals surface area contributed by atoms with E-state index in [1.165, 1.54) is 0 Å². The molecular weight excluding hydrogens is 268 g/mol. The van der Waals surface area contributed by atoms with Gasteiger partial charge in [-0.3, -0.25) is 4.79 Å². The third-order valence-electron chi connectivity index (χ3n) is 3.20. The van der Waals surface area contributed by atoms with E-state index in [4.69, 9.17) is 9.15 Å². The van der Waals surface area contributed by atoms with Crippen molar-refractivity contribution in [3.63, 3.8) is 0 Å². The standard InChI is InChI=1S/C16H22N2O3/c1-10(2)7-8-20-11(3)16(19)18-13-5-6-14-15(9-13)21-12(4)17-14/h5-6,9-11H,7-8H2,1-4H3,(H,18,19). The van der Waals surface area contributed by atoms with Crippen LogP contribution in [0.4, 0.5) is 5.69 Å². The molecule has 0 aliphatic carbocycles. The lowest BCUT2D eigenvalue weighted by atomic mass is 10.1. The molecule has 2 aromatic rings. The number of rotatable bonds is 6. The summed E-state index contributed by atoms with van der Waals surface area (Å²) in [5.41, 5.74) is 2.13. The van der Waals surface area contributed by atoms with Gasteiger partial charge in [0.25, 0.3) is 5.91 Å². The Morgan fingerprint density at radius 2 is 2.14 bits per heavy atom. The zero-order valence-corrected chi connectivity index (χ0v) is 13.0. The van der Waals surface area contributed by atoms with E-state index in [2.05, 4.69) is 24.1 Å². The summed E-state index contributed by atoms with van der Waals surface area (Å²) in [7, 11) is 0. The van der Waals surface area contributed by atoms with Crippen molar-refractivity contribution >= 4 is 22.7 Å². The number of fused-ring (bicyclic) bond motifs is 1. The molecule has 1 atom stereocenters. The van der Waals surface area contributed by atoms with Crippen molar-refractivity contribution in [3.8, 4) is 0 Å². The molecule has 0 fully saturated rings. The molecule has 5 heteroatoms. The van der Waals surface area contributed by atoms with Crippen molar-refractivity contribution in [3.05, 3.63) is 24.1 Å². The number of aromatic nitrogens is 1. The van der Waals surface area contributed by atoms with E-state index >= 15 is 0 Å². The average molecular weight is 290 g/mol. The van der Waals surface area contributed by atoms with Crippen LogP contribution in [0.1, 0.15) is 33.1 Å². The molecule has 1 N–H and O–H groups in total. The van der Waals surface area contributed by atoms with Gasteiger partial charge in [-0.25, -0.2) is 4.98 Å². The molecule has 1 aromatic heterocycles. The van der Waals surface area contributed by atoms with Gasteiger partial charge in [-0.05, 0) is 31.4 Å². The third-order valence-corrected chi connectivity index (χ3v) is 3.20. The minimum atomic E-state index is -0.476. The second kappa shape index (κ2) is 6.72. The first kappa shape index (κ1) is 15.5. The van der Waals surface area contributed by atoms with Crippen molar-refractivity contribution in [2.24, 2.45) is 5.92 Å². The normalized spacial score (nSPS) is 12.8. The maximum absolute atomic E-state index is 12.0. The van der Waals surface area contributed by atoms with Gasteiger partial charge in [-0.1, -0.05) is 13.8 Å². The first-order valence-electron chi connectivity index (χ1n) is 7.25. The summed E-state index contributed by atoms with van der Waals surface area (Å²) in [6, 6.07) is 5.41. The fraction of sp³-hybridized carbons (Fsp3) is 0.500. The SMILES string of the molecule is Cc1nc2ccc(NC(=O)C(C)OCCC(C)C)cc2o1. The first-order valence-corrected chi connectivity index (χ1v) is 7.25. The van der Waals surface area contributed by atoms with E-state index in [1.54, 1.807) is 19.9 Å². The molecule has 0 saturated heterocycles. The molecule has 1 unspecified atom stereocenters. The molecule has 0 aliphatic rings. The van der Waals surface area contributed by atoms with Crippen molar-refractivity contribution in [1.29, 1.82) is 0 Å². The Balaban J connectivity index is 1.93. The summed E-state index contributed by atoms with van der Waals surface area (Å²) in [6.45, 7) is 8.40. The van der Waals surface area contributed by atoms with Gasteiger partial charge in [0, 0.05) is 25.3 Å². The van der Waals surface area contributed by atoms with Gasteiger partial charge in [0.15, 0.2) is 11.5 Å². The molecule has 0 saturated carbocycles. The van der Waals surface area contributed by atoms with Crippen LogP contribution < -0.4 is 5.32 Å². The average Bonchev–Trinajstić information content (AvgIpc) is 2.77. The van der Waals surface area contributed by atoms with Crippen LogP contribution in [0.15, 0.2) is 22.6 Å². The molecule has 1 amide bonds. The lowest BCUT2D eigenvalue weighted by Gasteiger charge is -2.14. The van der Waals surface area contributed by atoms with Crippen molar-refractivity contribution in [2.45, 2.75) is 40.2 Å². The number of hydrogen-bond donors (Lipinski definition) is 1. The number of carbonyl (C=O) groups is 1. The molecule has 1 aromatic carbocycles. The Bertz CT molecular complexity index is 619. The minimum absolute atomic E-state index is 0.158. The highest BCUT2D eigenvalue weighted by atomic mass is 16.5. The highest BCUT2D eigenvalue weighted by molar-refractivity contribution is 5.95. The number of oxazole rings is 1. The second-order valence-corrected chi connectivity index (χ2v) is 5.60. The van der Waals surface area contributed by atoms with Gasteiger partial charge in [-0.2, -0.15) is 0 Å². The summed E-state index contributed by atoms with van der Waals surface area (Å²) in [5, 5.41) is 2.83. The van der Waals surface area contributed by atoms with Crippen LogP contribution in [0, 0.1) is 12.8 Å². The van der Waals surface area contributed by atoms with E-state index < -0.39 is 6.10 Å². The number of amides is 1. The Hall–Kier alpha value is -1.88. The highest BCUT2D eigenvalue weighted by Crippen LogP contribution is 2.20. The molecule has 2 rings (SSSR count). The van der Waals surface area contributed by atoms with Crippen LogP contribution in [0.3, 0.4) is 0 Å². The van der Waals surface area contributed by atoms with Gasteiger partial charge >= 0.3 is 0 Å². The van der Waals surface area contributed by atoms with Gasteiger partial charge in [0.05, 0.1) is 0 Å². The van der Waals surface area contributed by atoms with E-state index in [0.717, 1.165) is 11.9 Å². The number of ether oxygens (including phenoxy) is 1. The summed E-state index contributed by atoms with van der Waals surface area (Å²) in [5.74, 6) is 1.02. The predicted molar refractivity (Wildman–Crippen MR) is 82.2 cm³/mol. The summed E-state index contributed by atoms with van der Waals surface area (Å²) >= 11 is 0. The number of anilines is 1. The number of aryl methyl sites for hydroxylation is 1. The molecule has 0 aliphatic heterocycles. The predicted octanol–water partition coefficient (Wildman–Crippen LogP) is 3.53. The minimum Gasteiger partial charge on any atom is -0.441 e. The Morgan fingerprint density at radius 3 is 2.86 bits per heavy atom. The van der Waals surface area contributed by atoms with Crippen molar-refractivity contribution in [1.82, 2.24) is 4.98 Å². The summed E-state index contributed by atoms with van der Waals surface area (Å²) in [6.07, 6.45) is 0.469. The van der Waals surface area contributed by atoms with E-state index in [-0.39, 0.29) is 5.91 Å². The fourth-order valence-corrected chi connectivity index (χ4v) is 1.92. The van der Waals surface area contributed by atoms with Gasteiger partial charge in [0.1, 0.15) is 11.6 Å². The quantitative estimate of drug-likeness (QED) is 0.884. The van der Waals surface area contributed by atoms with Crippen molar-refractivity contribution < 1.29 is 13.9 Å². The van der Waals surface area contributed by atoms with Crippen LogP contribution in [0.2, 0.25) is 0 Å². The largest absolute Gasteiger partial charge is 0.441 e. The Morgan fingerprint density at radius 1 is 1.38 bits per heavy atom. The van der Waals surface area contributed by atoms with Gasteiger partial charge in [0.2, 0.25) is 0 Å². The molecule has 0 spiro atoms. The van der Waals surface area contributed by atoms with Gasteiger partial charge in [-0.15, -0.1) is 0 Å². The fourth-order valence-electron chi connectivity index (χ4n) is 1.92. The van der Waals surface area contributed by atoms with Gasteiger partial charge < -0.3 is 14.5 Å². The van der Waals surface area contributed by atoms with Crippen LogP contribution in [0.25, 0.3) is 11.1 Å². The Kier molecular flexibility index (Phi) is 4.96. The summed E-state index contributed by atoms with van der Waals surface area (Å²) in [4.78, 5) is 16.3. The van der Waals surface area contributed by atoms with Crippen LogP contribution >= 0.6 is 0 Å². The zero-order valence-electron chi connectivity index (χ0n) is 13.0. The smallest absolute Gasteiger partial charge is 0.253 e. The molecule has 0 bridgehead atoms. The van der Waals surface area contributed by atoms with E-state index in [0.29, 0.717) is 29.7 Å². The zero-order chi connectivity index (χ0) is 15.4. The maximum Gasteiger partial charge on any atom is 0.253 e. The second-order valence-electron chi connectivity index (χ2n) is 5.60. The first-order chi connectivity index (χ1) is 9.95. The lowest BCUT2D eigenvalue weighted by molar-refractivity contribution is -0.126.